The third-order valence-electron chi connectivity index (χ3n) is 2.81. The van der Waals surface area contributed by atoms with E-state index in [9.17, 15) is 14.0 Å². The number of cyclic esters (lactones) is 2. The Hall–Kier alpha value is -1.89. The lowest BCUT2D eigenvalue weighted by atomic mass is 10.2. The van der Waals surface area contributed by atoms with Crippen molar-refractivity contribution < 1.29 is 23.5 Å². The van der Waals surface area contributed by atoms with Gasteiger partial charge in [-0.05, 0) is 35.0 Å². The Balaban J connectivity index is 2.24. The molecule has 0 unspecified atom stereocenters. The lowest BCUT2D eigenvalue weighted by Gasteiger charge is -2.29. The molecule has 0 atom stereocenters. The second-order valence-electron chi connectivity index (χ2n) is 4.92. The molecule has 7 heteroatoms. The molecule has 0 bridgehead atoms. The van der Waals surface area contributed by atoms with Gasteiger partial charge in [0.2, 0.25) is 0 Å². The number of nitrogens with one attached hydrogen (secondary N) is 1. The van der Waals surface area contributed by atoms with Gasteiger partial charge in [0.25, 0.3) is 5.79 Å². The summed E-state index contributed by atoms with van der Waals surface area (Å²) in [5.74, 6) is -3.20. The zero-order valence-corrected chi connectivity index (χ0v) is 13.2. The summed E-state index contributed by atoms with van der Waals surface area (Å²) in [6, 6.07) is 2.76. The van der Waals surface area contributed by atoms with E-state index in [0.29, 0.717) is 15.7 Å². The van der Waals surface area contributed by atoms with Gasteiger partial charge < -0.3 is 14.8 Å². The zero-order valence-electron chi connectivity index (χ0n) is 11.6. The maximum Gasteiger partial charge on any atom is 0.350 e. The first-order chi connectivity index (χ1) is 9.71. The largest absolute Gasteiger partial charge is 0.419 e. The predicted molar refractivity (Wildman–Crippen MR) is 76.8 cm³/mol. The van der Waals surface area contributed by atoms with E-state index in [1.165, 1.54) is 32.2 Å². The molecule has 21 heavy (non-hydrogen) atoms. The van der Waals surface area contributed by atoms with Crippen molar-refractivity contribution in [2.75, 3.05) is 5.32 Å². The second kappa shape index (κ2) is 5.48. The molecule has 0 aromatic heterocycles. The van der Waals surface area contributed by atoms with Crippen molar-refractivity contribution in [3.8, 4) is 0 Å². The smallest absolute Gasteiger partial charge is 0.350 e. The van der Waals surface area contributed by atoms with E-state index >= 15 is 0 Å². The molecule has 2 rings (SSSR count). The minimum Gasteiger partial charge on any atom is -0.419 e. The van der Waals surface area contributed by atoms with Crippen molar-refractivity contribution in [3.05, 3.63) is 39.8 Å². The van der Waals surface area contributed by atoms with Crippen LogP contribution in [0.4, 0.5) is 10.1 Å². The normalized spacial score (nSPS) is 17.1. The second-order valence-corrected chi connectivity index (χ2v) is 5.71. The number of rotatable bonds is 2. The maximum absolute atomic E-state index is 13.3. The molecule has 5 nitrogen and oxygen atoms in total. The standard InChI is InChI=1S/C14H13BrFNO4/c1-7-9(16)4-5-10(11(7)15)17-6-8-12(18)20-14(2,3)21-13(8)19/h4-6,17H,1-3H3. The van der Waals surface area contributed by atoms with Gasteiger partial charge in [-0.3, -0.25) is 0 Å². The van der Waals surface area contributed by atoms with Crippen LogP contribution in [0.5, 0.6) is 0 Å². The Morgan fingerprint density at radius 2 is 1.81 bits per heavy atom. The number of carbonyl (C=O) groups is 2. The number of anilines is 1. The molecule has 0 spiro atoms. The van der Waals surface area contributed by atoms with E-state index in [1.54, 1.807) is 6.92 Å². The molecule has 1 N–H and O–H groups in total. The van der Waals surface area contributed by atoms with Crippen molar-refractivity contribution in [2.24, 2.45) is 0 Å². The molecule has 0 aliphatic carbocycles. The first-order valence-electron chi connectivity index (χ1n) is 6.09. The summed E-state index contributed by atoms with van der Waals surface area (Å²) < 4.78 is 23.8. The Morgan fingerprint density at radius 3 is 2.38 bits per heavy atom. The summed E-state index contributed by atoms with van der Waals surface area (Å²) in [4.78, 5) is 23.5. The Kier molecular flexibility index (Phi) is 4.04. The summed E-state index contributed by atoms with van der Waals surface area (Å²) in [7, 11) is 0. The van der Waals surface area contributed by atoms with Crippen LogP contribution in [0.3, 0.4) is 0 Å². The molecule has 1 aromatic carbocycles. The topological polar surface area (TPSA) is 64.6 Å². The number of halogens is 2. The van der Waals surface area contributed by atoms with Crippen LogP contribution in [-0.4, -0.2) is 17.7 Å². The maximum atomic E-state index is 13.3. The lowest BCUT2D eigenvalue weighted by molar-refractivity contribution is -0.222. The summed E-state index contributed by atoms with van der Waals surface area (Å²) in [6.07, 6.45) is 1.18. The van der Waals surface area contributed by atoms with E-state index in [0.717, 1.165) is 0 Å². The lowest BCUT2D eigenvalue weighted by Crippen LogP contribution is -2.42. The number of hydrogen-bond donors (Lipinski definition) is 1. The average molecular weight is 358 g/mol. The zero-order chi connectivity index (χ0) is 15.8. The Morgan fingerprint density at radius 1 is 1.24 bits per heavy atom. The van der Waals surface area contributed by atoms with Gasteiger partial charge in [-0.25, -0.2) is 14.0 Å². The van der Waals surface area contributed by atoms with E-state index in [2.05, 4.69) is 21.2 Å². The van der Waals surface area contributed by atoms with Crippen LogP contribution in [0.2, 0.25) is 0 Å². The Bertz CT molecular complexity index is 633. The summed E-state index contributed by atoms with van der Waals surface area (Å²) >= 11 is 3.24. The molecule has 0 amide bonds. The van der Waals surface area contributed by atoms with Crippen molar-refractivity contribution in [3.63, 3.8) is 0 Å². The molecule has 112 valence electrons. The van der Waals surface area contributed by atoms with E-state index in [-0.39, 0.29) is 11.4 Å². The summed E-state index contributed by atoms with van der Waals surface area (Å²) in [6.45, 7) is 4.53. The highest BCUT2D eigenvalue weighted by Gasteiger charge is 2.38. The molecule has 0 saturated carbocycles. The fraction of sp³-hybridized carbons (Fsp3) is 0.286. The molecule has 0 radical (unpaired) electrons. The van der Waals surface area contributed by atoms with Crippen LogP contribution in [0.25, 0.3) is 0 Å². The van der Waals surface area contributed by atoms with Gasteiger partial charge in [-0.2, -0.15) is 0 Å². The predicted octanol–water partition coefficient (Wildman–Crippen LogP) is 3.03. The number of esters is 2. The van der Waals surface area contributed by atoms with Gasteiger partial charge in [0.05, 0.1) is 5.69 Å². The molecule has 1 aromatic rings. The SMILES string of the molecule is Cc1c(F)ccc(NC=C2C(=O)OC(C)(C)OC2=O)c1Br. The number of carbonyl (C=O) groups excluding carboxylic acids is 2. The van der Waals surface area contributed by atoms with Crippen molar-refractivity contribution in [1.82, 2.24) is 0 Å². The molecule has 1 aliphatic heterocycles. The highest BCUT2D eigenvalue weighted by Crippen LogP contribution is 2.29. The van der Waals surface area contributed by atoms with Gasteiger partial charge in [0.15, 0.2) is 5.57 Å². The first-order valence-corrected chi connectivity index (χ1v) is 6.88. The summed E-state index contributed by atoms with van der Waals surface area (Å²) in [5, 5.41) is 2.76. The number of benzene rings is 1. The molecule has 1 fully saturated rings. The van der Waals surface area contributed by atoms with Crippen LogP contribution in [0, 0.1) is 12.7 Å². The van der Waals surface area contributed by atoms with Gasteiger partial charge in [0.1, 0.15) is 5.82 Å². The fourth-order valence-corrected chi connectivity index (χ4v) is 2.14. The van der Waals surface area contributed by atoms with E-state index < -0.39 is 17.7 Å². The van der Waals surface area contributed by atoms with Gasteiger partial charge >= 0.3 is 11.9 Å². The van der Waals surface area contributed by atoms with Crippen LogP contribution < -0.4 is 5.32 Å². The van der Waals surface area contributed by atoms with Crippen LogP contribution in [-0.2, 0) is 19.1 Å². The highest BCUT2D eigenvalue weighted by molar-refractivity contribution is 9.10. The third kappa shape index (κ3) is 3.24. The van der Waals surface area contributed by atoms with Gasteiger partial charge in [-0.15, -0.1) is 0 Å². The summed E-state index contributed by atoms with van der Waals surface area (Å²) in [5.41, 5.74) is 0.656. The van der Waals surface area contributed by atoms with Crippen molar-refractivity contribution in [1.29, 1.82) is 0 Å². The quantitative estimate of drug-likeness (QED) is 0.500. The van der Waals surface area contributed by atoms with E-state index in [1.807, 2.05) is 0 Å². The van der Waals surface area contributed by atoms with Gasteiger partial charge in [0, 0.05) is 30.1 Å². The Labute approximate surface area is 129 Å². The van der Waals surface area contributed by atoms with Crippen molar-refractivity contribution >= 4 is 33.6 Å². The molecular weight excluding hydrogens is 345 g/mol. The van der Waals surface area contributed by atoms with E-state index in [4.69, 9.17) is 9.47 Å². The fourth-order valence-electron chi connectivity index (χ4n) is 1.70. The van der Waals surface area contributed by atoms with Crippen LogP contribution >= 0.6 is 15.9 Å². The third-order valence-corrected chi connectivity index (χ3v) is 3.83. The minimum atomic E-state index is -1.28. The van der Waals surface area contributed by atoms with Gasteiger partial charge in [-0.1, -0.05) is 0 Å². The van der Waals surface area contributed by atoms with Crippen LogP contribution in [0.15, 0.2) is 28.4 Å². The molecule has 1 aliphatic rings. The molecule has 1 heterocycles. The molecule has 1 saturated heterocycles. The monoisotopic (exact) mass is 357 g/mol. The minimum absolute atomic E-state index is 0.261. The molecular formula is C14H13BrFNO4. The number of hydrogen-bond acceptors (Lipinski definition) is 5. The van der Waals surface area contributed by atoms with Crippen LogP contribution in [0.1, 0.15) is 19.4 Å². The highest BCUT2D eigenvalue weighted by atomic mass is 79.9. The first kappa shape index (κ1) is 15.5. The van der Waals surface area contributed by atoms with Crippen molar-refractivity contribution in [2.45, 2.75) is 26.6 Å². The number of ether oxygens (including phenoxy) is 2. The average Bonchev–Trinajstić information content (AvgIpc) is 2.36.